The molecule has 212 valence electrons. The molecule has 6 heteroatoms. The van der Waals surface area contributed by atoms with Gasteiger partial charge < -0.3 is 4.85 Å². The van der Waals surface area contributed by atoms with Gasteiger partial charge in [-0.1, -0.05) is 67.2 Å². The molecule has 0 aliphatic carbocycles. The summed E-state index contributed by atoms with van der Waals surface area (Å²) in [6, 6.07) is 42.9. The van der Waals surface area contributed by atoms with Crippen LogP contribution in [0.15, 0.2) is 134 Å². The first kappa shape index (κ1) is 26.8. The topological polar surface area (TPSA) is 79.7 Å². The molecule has 0 spiro atoms. The van der Waals surface area contributed by atoms with Crippen molar-refractivity contribution in [2.75, 3.05) is 0 Å². The lowest BCUT2D eigenvalue weighted by Gasteiger charge is -2.14. The molecule has 46 heavy (non-hydrogen) atoms. The van der Waals surface area contributed by atoms with E-state index in [2.05, 4.69) is 81.5 Å². The van der Waals surface area contributed by atoms with Crippen LogP contribution in [0.3, 0.4) is 0 Å². The van der Waals surface area contributed by atoms with E-state index in [0.29, 0.717) is 11.5 Å². The van der Waals surface area contributed by atoms with Gasteiger partial charge in [-0.25, -0.2) is 15.0 Å². The molecule has 4 aromatic carbocycles. The van der Waals surface area contributed by atoms with Crippen LogP contribution in [0.5, 0.6) is 0 Å². The second kappa shape index (κ2) is 11.1. The van der Waals surface area contributed by atoms with Crippen LogP contribution in [0.1, 0.15) is 5.69 Å². The van der Waals surface area contributed by atoms with E-state index in [1.807, 2.05) is 48.5 Å². The summed E-state index contributed by atoms with van der Waals surface area (Å²) in [4.78, 5) is 21.6. The van der Waals surface area contributed by atoms with Crippen molar-refractivity contribution in [2.24, 2.45) is 0 Å². The third-order valence-electron chi connectivity index (χ3n) is 8.25. The highest BCUT2D eigenvalue weighted by Crippen LogP contribution is 2.39. The van der Waals surface area contributed by atoms with Gasteiger partial charge in [0.05, 0.1) is 22.8 Å². The van der Waals surface area contributed by atoms with Gasteiger partial charge >= 0.3 is 0 Å². The van der Waals surface area contributed by atoms with E-state index < -0.39 is 0 Å². The molecule has 8 rings (SSSR count). The van der Waals surface area contributed by atoms with Gasteiger partial charge in [0.2, 0.25) is 0 Å². The van der Waals surface area contributed by atoms with Crippen molar-refractivity contribution in [3.8, 4) is 51.1 Å². The summed E-state index contributed by atoms with van der Waals surface area (Å²) in [5.74, 6) is 0.350. The van der Waals surface area contributed by atoms with Gasteiger partial charge in [0.1, 0.15) is 18.0 Å². The molecule has 0 N–H and O–H groups in total. The van der Waals surface area contributed by atoms with E-state index in [-0.39, 0.29) is 0 Å². The molecule has 0 fully saturated rings. The van der Waals surface area contributed by atoms with Gasteiger partial charge in [-0.2, -0.15) is 5.26 Å². The zero-order valence-corrected chi connectivity index (χ0v) is 24.4. The second-order valence-electron chi connectivity index (χ2n) is 10.9. The highest BCUT2D eigenvalue weighted by Gasteiger charge is 2.13. The van der Waals surface area contributed by atoms with Crippen molar-refractivity contribution in [2.45, 2.75) is 0 Å². The highest BCUT2D eigenvalue weighted by atomic mass is 14.9. The quantitative estimate of drug-likeness (QED) is 0.151. The van der Waals surface area contributed by atoms with Gasteiger partial charge in [0, 0.05) is 22.9 Å². The predicted octanol–water partition coefficient (Wildman–Crippen LogP) is 9.82. The molecule has 4 aromatic heterocycles. The fraction of sp³-hybridized carbons (Fsp3) is 0. The van der Waals surface area contributed by atoms with Gasteiger partial charge in [0.15, 0.2) is 0 Å². The van der Waals surface area contributed by atoms with Gasteiger partial charge in [-0.05, 0) is 98.5 Å². The van der Waals surface area contributed by atoms with E-state index in [9.17, 15) is 5.26 Å². The Morgan fingerprint density at radius 1 is 0.478 bits per heavy atom. The number of pyridine rings is 4. The summed E-state index contributed by atoms with van der Waals surface area (Å²) in [6.07, 6.45) is 3.29. The monoisotopic (exact) mass is 586 g/mol. The normalized spacial score (nSPS) is 11.0. The maximum absolute atomic E-state index is 9.30. The Kier molecular flexibility index (Phi) is 6.45. The fourth-order valence-electron chi connectivity index (χ4n) is 6.08. The summed E-state index contributed by atoms with van der Waals surface area (Å²) >= 11 is 0. The van der Waals surface area contributed by atoms with E-state index in [4.69, 9.17) is 16.5 Å². The molecular weight excluding hydrogens is 564 g/mol. The molecule has 0 unspecified atom stereocenters. The Morgan fingerprint density at radius 3 is 1.48 bits per heavy atom. The van der Waals surface area contributed by atoms with Gasteiger partial charge in [-0.3, -0.25) is 0 Å². The minimum absolute atomic E-state index is 0.350. The number of hydrogen-bond donors (Lipinski definition) is 0. The van der Waals surface area contributed by atoms with Crippen molar-refractivity contribution in [3.05, 3.63) is 151 Å². The van der Waals surface area contributed by atoms with Crippen LogP contribution >= 0.6 is 0 Å². The minimum Gasteiger partial charge on any atom is -0.361 e. The second-order valence-corrected chi connectivity index (χ2v) is 10.9. The molecule has 8 aromatic rings. The van der Waals surface area contributed by atoms with Gasteiger partial charge in [0.25, 0.3) is 5.82 Å². The number of fused-ring (bicyclic) bond motifs is 6. The lowest BCUT2D eigenvalue weighted by atomic mass is 9.91. The van der Waals surface area contributed by atoms with Crippen LogP contribution in [0.2, 0.25) is 0 Å². The molecule has 0 bridgehead atoms. The van der Waals surface area contributed by atoms with Crippen LogP contribution in [0.4, 0.5) is 5.82 Å². The van der Waals surface area contributed by atoms with Crippen molar-refractivity contribution in [3.63, 3.8) is 0 Å². The molecule has 0 atom stereocenters. The average Bonchev–Trinajstić information content (AvgIpc) is 3.14. The molecule has 6 nitrogen and oxygen atoms in total. The highest BCUT2D eigenvalue weighted by molar-refractivity contribution is 6.26. The summed E-state index contributed by atoms with van der Waals surface area (Å²) in [5.41, 5.74) is 7.44. The van der Waals surface area contributed by atoms with Crippen LogP contribution < -0.4 is 0 Å². The zero-order chi connectivity index (χ0) is 31.0. The molecule has 0 saturated heterocycles. The molecule has 0 aliphatic rings. The molecule has 0 amide bonds. The molecule has 0 saturated carbocycles. The SMILES string of the molecule is [C-]#[N+]c1cc(-c2cccc(-c3ccc4c5ccc(-c6cccc(-c7ccnc(C#N)c7)n6)cc5c5ccccc5c4c3)n2)ccn1. The van der Waals surface area contributed by atoms with Crippen molar-refractivity contribution >= 4 is 38.1 Å². The number of benzene rings is 4. The summed E-state index contributed by atoms with van der Waals surface area (Å²) < 4.78 is 0. The first-order valence-corrected chi connectivity index (χ1v) is 14.7. The lowest BCUT2D eigenvalue weighted by Crippen LogP contribution is -1.91. The van der Waals surface area contributed by atoms with Crippen molar-refractivity contribution in [1.82, 2.24) is 19.9 Å². The molecule has 0 aliphatic heterocycles. The van der Waals surface area contributed by atoms with Crippen molar-refractivity contribution < 1.29 is 0 Å². The number of nitriles is 1. The minimum atomic E-state index is 0.350. The summed E-state index contributed by atoms with van der Waals surface area (Å²) in [7, 11) is 0. The third kappa shape index (κ3) is 4.68. The zero-order valence-electron chi connectivity index (χ0n) is 24.4. The predicted molar refractivity (Wildman–Crippen MR) is 183 cm³/mol. The first-order chi connectivity index (χ1) is 22.7. The maximum atomic E-state index is 9.30. The fourth-order valence-corrected chi connectivity index (χ4v) is 6.08. The third-order valence-corrected chi connectivity index (χ3v) is 8.25. The molecule has 0 radical (unpaired) electrons. The molecule has 4 heterocycles. The number of rotatable bonds is 4. The smallest absolute Gasteiger partial charge is 0.270 e. The summed E-state index contributed by atoms with van der Waals surface area (Å²) in [6.45, 7) is 7.32. The van der Waals surface area contributed by atoms with Crippen LogP contribution in [-0.4, -0.2) is 19.9 Å². The largest absolute Gasteiger partial charge is 0.361 e. The van der Waals surface area contributed by atoms with Crippen LogP contribution in [0, 0.1) is 17.9 Å². The van der Waals surface area contributed by atoms with E-state index >= 15 is 0 Å². The van der Waals surface area contributed by atoms with Crippen LogP contribution in [-0.2, 0) is 0 Å². The van der Waals surface area contributed by atoms with E-state index in [1.54, 1.807) is 24.5 Å². The lowest BCUT2D eigenvalue weighted by molar-refractivity contribution is 1.25. The Morgan fingerprint density at radius 2 is 0.957 bits per heavy atom. The number of aromatic nitrogens is 4. The standard InChI is InChI=1S/C40H22N6/c1-42-40-23-28(17-19-44-40)39-11-5-9-37(46-39)26-13-15-33-32-14-12-25(21-34(32)30-6-2-3-7-31(30)35(33)22-26)36-8-4-10-38(45-36)27-16-18-43-29(20-27)24-41/h2-23H. The molecular formula is C40H22N6. The van der Waals surface area contributed by atoms with E-state index in [0.717, 1.165) is 66.6 Å². The Hall–Kier alpha value is -6.76. The number of nitrogens with zero attached hydrogens (tertiary/aromatic N) is 6. The van der Waals surface area contributed by atoms with Crippen LogP contribution in [0.25, 0.3) is 82.2 Å². The van der Waals surface area contributed by atoms with Gasteiger partial charge in [-0.15, -0.1) is 4.98 Å². The van der Waals surface area contributed by atoms with E-state index in [1.165, 1.54) is 10.8 Å². The summed E-state index contributed by atoms with van der Waals surface area (Å²) in [5, 5.41) is 16.3. The Bertz CT molecular complexity index is 2380. The Labute approximate surface area is 264 Å². The average molecular weight is 587 g/mol. The van der Waals surface area contributed by atoms with Crippen molar-refractivity contribution in [1.29, 1.82) is 5.26 Å². The number of hydrogen-bond acceptors (Lipinski definition) is 5. The first-order valence-electron chi connectivity index (χ1n) is 14.7. The Balaban J connectivity index is 1.25. The maximum Gasteiger partial charge on any atom is 0.270 e.